The van der Waals surface area contributed by atoms with Gasteiger partial charge in [0.2, 0.25) is 18.6 Å². The van der Waals surface area contributed by atoms with Crippen LogP contribution in [0.4, 0.5) is 5.69 Å². The zero-order valence-corrected chi connectivity index (χ0v) is 18.6. The zero-order valence-electron chi connectivity index (χ0n) is 17.8. The Balaban J connectivity index is 1.19. The lowest BCUT2D eigenvalue weighted by molar-refractivity contribution is -0.135. The zero-order chi connectivity index (χ0) is 22.1. The highest BCUT2D eigenvalue weighted by atomic mass is 35.5. The summed E-state index contributed by atoms with van der Waals surface area (Å²) >= 11 is 5.98. The Kier molecular flexibility index (Phi) is 5.93. The van der Waals surface area contributed by atoms with Crippen molar-refractivity contribution < 1.29 is 19.1 Å². The summed E-state index contributed by atoms with van der Waals surface area (Å²) in [6, 6.07) is 13.4. The number of amides is 2. The van der Waals surface area contributed by atoms with Crippen molar-refractivity contribution >= 4 is 29.1 Å². The fraction of sp³-hybridized carbons (Fsp3) is 0.417. The van der Waals surface area contributed by atoms with E-state index in [1.165, 1.54) is 5.56 Å². The smallest absolute Gasteiger partial charge is 0.231 e. The lowest BCUT2D eigenvalue weighted by Gasteiger charge is -2.24. The molecule has 2 amide bonds. The van der Waals surface area contributed by atoms with Crippen LogP contribution in [0.3, 0.4) is 0 Å². The highest BCUT2D eigenvalue weighted by Gasteiger charge is 2.38. The van der Waals surface area contributed by atoms with Gasteiger partial charge < -0.3 is 19.3 Å². The summed E-state index contributed by atoms with van der Waals surface area (Å²) in [6.07, 6.45) is 1.17. The summed E-state index contributed by atoms with van der Waals surface area (Å²) in [5, 5.41) is 0.738. The molecule has 3 aliphatic heterocycles. The maximum Gasteiger partial charge on any atom is 0.231 e. The van der Waals surface area contributed by atoms with Crippen LogP contribution in [-0.2, 0) is 16.1 Å². The fourth-order valence-corrected chi connectivity index (χ4v) is 4.76. The molecule has 2 saturated heterocycles. The van der Waals surface area contributed by atoms with E-state index >= 15 is 0 Å². The van der Waals surface area contributed by atoms with Crippen LogP contribution in [0, 0.1) is 5.92 Å². The average Bonchev–Trinajstić information content (AvgIpc) is 3.35. The topological polar surface area (TPSA) is 62.3 Å². The maximum absolute atomic E-state index is 13.2. The Morgan fingerprint density at radius 3 is 2.66 bits per heavy atom. The normalized spacial score (nSPS) is 21.2. The second-order valence-electron chi connectivity index (χ2n) is 8.52. The van der Waals surface area contributed by atoms with Gasteiger partial charge in [0, 0.05) is 62.5 Å². The van der Waals surface area contributed by atoms with Crippen LogP contribution in [-0.4, -0.2) is 61.1 Å². The third kappa shape index (κ3) is 4.40. The summed E-state index contributed by atoms with van der Waals surface area (Å²) in [4.78, 5) is 31.9. The van der Waals surface area contributed by atoms with Gasteiger partial charge in [-0.15, -0.1) is 0 Å². The van der Waals surface area contributed by atoms with E-state index in [-0.39, 0.29) is 30.9 Å². The van der Waals surface area contributed by atoms with Gasteiger partial charge in [-0.3, -0.25) is 14.5 Å². The van der Waals surface area contributed by atoms with Gasteiger partial charge in [-0.25, -0.2) is 0 Å². The average molecular weight is 456 g/mol. The Labute approximate surface area is 192 Å². The van der Waals surface area contributed by atoms with E-state index in [0.717, 1.165) is 43.3 Å². The molecule has 3 aliphatic rings. The van der Waals surface area contributed by atoms with Crippen molar-refractivity contribution in [3.63, 3.8) is 0 Å². The molecular formula is C24H26ClN3O4. The van der Waals surface area contributed by atoms with E-state index in [4.69, 9.17) is 21.1 Å². The molecule has 0 bridgehead atoms. The SMILES string of the molecule is O=C(C1CC(=O)N(c2ccc3c(c2)OCO3)C1)N1CCCN(Cc2ccc(Cl)cc2)CC1. The van der Waals surface area contributed by atoms with E-state index in [1.807, 2.05) is 47.4 Å². The summed E-state index contributed by atoms with van der Waals surface area (Å²) in [5.41, 5.74) is 1.97. The number of carbonyl (C=O) groups is 2. The molecule has 2 aromatic rings. The molecule has 168 valence electrons. The third-order valence-corrected chi connectivity index (χ3v) is 6.61. The van der Waals surface area contributed by atoms with Gasteiger partial charge in [-0.05, 0) is 36.2 Å². The van der Waals surface area contributed by atoms with Gasteiger partial charge in [0.1, 0.15) is 0 Å². The second kappa shape index (κ2) is 9.00. The van der Waals surface area contributed by atoms with Crippen LogP contribution in [0.1, 0.15) is 18.4 Å². The van der Waals surface area contributed by atoms with Crippen molar-refractivity contribution in [2.75, 3.05) is 44.4 Å². The van der Waals surface area contributed by atoms with Crippen molar-refractivity contribution in [3.8, 4) is 11.5 Å². The number of hydrogen-bond donors (Lipinski definition) is 0. The quantitative estimate of drug-likeness (QED) is 0.708. The van der Waals surface area contributed by atoms with Crippen LogP contribution in [0.2, 0.25) is 5.02 Å². The summed E-state index contributed by atoms with van der Waals surface area (Å²) in [7, 11) is 0. The Bertz CT molecular complexity index is 1010. The number of anilines is 1. The lowest BCUT2D eigenvalue weighted by Crippen LogP contribution is -2.39. The third-order valence-electron chi connectivity index (χ3n) is 6.36. The lowest BCUT2D eigenvalue weighted by atomic mass is 10.1. The Hall–Kier alpha value is -2.77. The van der Waals surface area contributed by atoms with Crippen LogP contribution < -0.4 is 14.4 Å². The monoisotopic (exact) mass is 455 g/mol. The van der Waals surface area contributed by atoms with Crippen molar-refractivity contribution in [1.82, 2.24) is 9.80 Å². The van der Waals surface area contributed by atoms with Gasteiger partial charge in [0.25, 0.3) is 0 Å². The highest BCUT2D eigenvalue weighted by molar-refractivity contribution is 6.30. The summed E-state index contributed by atoms with van der Waals surface area (Å²) in [5.74, 6) is 1.06. The molecule has 5 rings (SSSR count). The first-order chi connectivity index (χ1) is 15.6. The van der Waals surface area contributed by atoms with Crippen LogP contribution in [0.25, 0.3) is 0 Å². The van der Waals surface area contributed by atoms with Gasteiger partial charge >= 0.3 is 0 Å². The fourth-order valence-electron chi connectivity index (χ4n) is 4.63. The maximum atomic E-state index is 13.2. The highest BCUT2D eigenvalue weighted by Crippen LogP contribution is 2.37. The van der Waals surface area contributed by atoms with Crippen molar-refractivity contribution in [2.45, 2.75) is 19.4 Å². The number of benzene rings is 2. The molecule has 0 saturated carbocycles. The van der Waals surface area contributed by atoms with Crippen molar-refractivity contribution in [1.29, 1.82) is 0 Å². The van der Waals surface area contributed by atoms with Crippen LogP contribution in [0.5, 0.6) is 11.5 Å². The molecule has 0 radical (unpaired) electrons. The molecular weight excluding hydrogens is 430 g/mol. The van der Waals surface area contributed by atoms with Gasteiger partial charge in [-0.2, -0.15) is 0 Å². The minimum atomic E-state index is -0.310. The molecule has 0 spiro atoms. The first-order valence-electron chi connectivity index (χ1n) is 11.0. The van der Waals surface area contributed by atoms with E-state index < -0.39 is 0 Å². The first-order valence-corrected chi connectivity index (χ1v) is 11.4. The molecule has 32 heavy (non-hydrogen) atoms. The number of carbonyl (C=O) groups excluding carboxylic acids is 2. The predicted molar refractivity (Wildman–Crippen MR) is 121 cm³/mol. The molecule has 0 N–H and O–H groups in total. The van der Waals surface area contributed by atoms with E-state index in [2.05, 4.69) is 4.90 Å². The number of halogens is 1. The predicted octanol–water partition coefficient (Wildman–Crippen LogP) is 3.16. The summed E-state index contributed by atoms with van der Waals surface area (Å²) in [6.45, 7) is 4.62. The molecule has 0 aromatic heterocycles. The summed E-state index contributed by atoms with van der Waals surface area (Å²) < 4.78 is 10.8. The van der Waals surface area contributed by atoms with Crippen molar-refractivity contribution in [2.24, 2.45) is 5.92 Å². The van der Waals surface area contributed by atoms with Crippen LogP contribution >= 0.6 is 11.6 Å². The van der Waals surface area contributed by atoms with Crippen molar-refractivity contribution in [3.05, 3.63) is 53.1 Å². The molecule has 0 aliphatic carbocycles. The number of nitrogens with zero attached hydrogens (tertiary/aromatic N) is 3. The second-order valence-corrected chi connectivity index (χ2v) is 8.96. The van der Waals surface area contributed by atoms with Gasteiger partial charge in [0.15, 0.2) is 11.5 Å². The Morgan fingerprint density at radius 1 is 1.00 bits per heavy atom. The van der Waals surface area contributed by atoms with Crippen LogP contribution in [0.15, 0.2) is 42.5 Å². The molecule has 2 aromatic carbocycles. The number of hydrogen-bond acceptors (Lipinski definition) is 5. The first kappa shape index (κ1) is 21.1. The minimum absolute atomic E-state index is 0.0265. The molecule has 1 unspecified atom stereocenters. The standard InChI is InChI=1S/C24H26ClN3O4/c25-19-4-2-17(3-5-19)14-26-8-1-9-27(11-10-26)24(30)18-12-23(29)28(15-18)20-6-7-21-22(13-20)32-16-31-21/h2-7,13,18H,1,8-12,14-16H2. The molecule has 8 heteroatoms. The van der Waals surface area contributed by atoms with Gasteiger partial charge in [0.05, 0.1) is 5.92 Å². The molecule has 7 nitrogen and oxygen atoms in total. The number of fused-ring (bicyclic) bond motifs is 1. The Morgan fingerprint density at radius 2 is 1.81 bits per heavy atom. The largest absolute Gasteiger partial charge is 0.454 e. The molecule has 2 fully saturated rings. The van der Waals surface area contributed by atoms with E-state index in [0.29, 0.717) is 24.6 Å². The molecule has 3 heterocycles. The minimum Gasteiger partial charge on any atom is -0.454 e. The van der Waals surface area contributed by atoms with Gasteiger partial charge in [-0.1, -0.05) is 23.7 Å². The van der Waals surface area contributed by atoms with E-state index in [1.54, 1.807) is 4.90 Å². The molecule has 1 atom stereocenters. The number of rotatable bonds is 4. The number of ether oxygens (including phenoxy) is 2. The van der Waals surface area contributed by atoms with E-state index in [9.17, 15) is 9.59 Å².